The Kier molecular flexibility index (Phi) is 12.7. The zero-order valence-corrected chi connectivity index (χ0v) is 22.2. The molecule has 1 heterocycles. The molecule has 0 aromatic heterocycles. The maximum atomic E-state index is 11.7. The van der Waals surface area contributed by atoms with Gasteiger partial charge in [0.25, 0.3) is 0 Å². The first-order valence-electron chi connectivity index (χ1n) is 10.6. The average Bonchev–Trinajstić information content (AvgIpc) is 3.19. The van der Waals surface area contributed by atoms with Gasteiger partial charge in [-0.05, 0) is 31.9 Å². The Hall–Kier alpha value is -1.11. The van der Waals surface area contributed by atoms with Crippen LogP contribution in [-0.2, 0) is 21.3 Å². The van der Waals surface area contributed by atoms with E-state index in [2.05, 4.69) is 27.8 Å². The molecule has 1 atom stereocenters. The first-order chi connectivity index (χ1) is 14.3. The number of rotatable bonds is 11. The Labute approximate surface area is 204 Å². The molecule has 0 radical (unpaired) electrons. The van der Waals surface area contributed by atoms with Crippen LogP contribution in [0.5, 0.6) is 5.75 Å². The SMILES string of the molecule is CCNC(=NCc1ccc(C)cc1OC1CCOC1)NCCCN(CC)S(C)(=O)=O.I. The summed E-state index contributed by atoms with van der Waals surface area (Å²) in [5.74, 6) is 1.56. The zero-order chi connectivity index (χ0) is 22.0. The summed E-state index contributed by atoms with van der Waals surface area (Å²) in [4.78, 5) is 4.69. The van der Waals surface area contributed by atoms with Crippen molar-refractivity contribution >= 4 is 40.0 Å². The van der Waals surface area contributed by atoms with Gasteiger partial charge in [-0.3, -0.25) is 0 Å². The predicted octanol–water partition coefficient (Wildman–Crippen LogP) is 2.51. The Bertz CT molecular complexity index is 799. The largest absolute Gasteiger partial charge is 0.488 e. The van der Waals surface area contributed by atoms with Gasteiger partial charge >= 0.3 is 0 Å². The summed E-state index contributed by atoms with van der Waals surface area (Å²) in [7, 11) is -3.15. The van der Waals surface area contributed by atoms with Gasteiger partial charge in [-0.25, -0.2) is 17.7 Å². The minimum Gasteiger partial charge on any atom is -0.488 e. The molecule has 1 aliphatic heterocycles. The predicted molar refractivity (Wildman–Crippen MR) is 136 cm³/mol. The van der Waals surface area contributed by atoms with Gasteiger partial charge in [0.05, 0.1) is 26.0 Å². The van der Waals surface area contributed by atoms with Crippen LogP contribution in [0, 0.1) is 6.92 Å². The third kappa shape index (κ3) is 9.92. The zero-order valence-electron chi connectivity index (χ0n) is 19.0. The number of nitrogens with one attached hydrogen (secondary N) is 2. The highest BCUT2D eigenvalue weighted by atomic mass is 127. The highest BCUT2D eigenvalue weighted by Gasteiger charge is 2.19. The van der Waals surface area contributed by atoms with E-state index < -0.39 is 10.0 Å². The Morgan fingerprint density at radius 3 is 2.71 bits per heavy atom. The number of sulfonamides is 1. The molecule has 0 saturated carbocycles. The number of nitrogens with zero attached hydrogens (tertiary/aromatic N) is 2. The summed E-state index contributed by atoms with van der Waals surface area (Å²) < 4.78 is 36.4. The maximum absolute atomic E-state index is 11.7. The fraction of sp³-hybridized carbons (Fsp3) is 0.667. The number of ether oxygens (including phenoxy) is 2. The molecule has 1 unspecified atom stereocenters. The van der Waals surface area contributed by atoms with E-state index in [1.807, 2.05) is 26.8 Å². The highest BCUT2D eigenvalue weighted by molar-refractivity contribution is 14.0. The van der Waals surface area contributed by atoms with Crippen molar-refractivity contribution in [3.8, 4) is 5.75 Å². The molecular formula is C21H37IN4O4S. The second-order valence-electron chi connectivity index (χ2n) is 7.44. The van der Waals surface area contributed by atoms with Gasteiger partial charge in [0.1, 0.15) is 11.9 Å². The van der Waals surface area contributed by atoms with Crippen LogP contribution in [-0.4, -0.2) is 70.4 Å². The van der Waals surface area contributed by atoms with E-state index in [0.717, 1.165) is 36.4 Å². The van der Waals surface area contributed by atoms with Crippen molar-refractivity contribution in [1.82, 2.24) is 14.9 Å². The normalized spacial score (nSPS) is 16.8. The Morgan fingerprint density at radius 2 is 2.10 bits per heavy atom. The number of hydrogen-bond donors (Lipinski definition) is 2. The van der Waals surface area contributed by atoms with E-state index in [-0.39, 0.29) is 30.1 Å². The molecule has 0 spiro atoms. The van der Waals surface area contributed by atoms with E-state index in [1.54, 1.807) is 0 Å². The van der Waals surface area contributed by atoms with Crippen molar-refractivity contribution in [2.45, 2.75) is 46.3 Å². The molecule has 0 amide bonds. The fourth-order valence-corrected chi connectivity index (χ4v) is 4.14. The van der Waals surface area contributed by atoms with Crippen molar-refractivity contribution in [3.63, 3.8) is 0 Å². The third-order valence-corrected chi connectivity index (χ3v) is 6.23. The third-order valence-electron chi connectivity index (χ3n) is 4.85. The monoisotopic (exact) mass is 568 g/mol. The lowest BCUT2D eigenvalue weighted by atomic mass is 10.1. The van der Waals surface area contributed by atoms with E-state index in [4.69, 9.17) is 9.47 Å². The number of benzene rings is 1. The first kappa shape index (κ1) is 27.9. The van der Waals surface area contributed by atoms with Crippen LogP contribution in [0.15, 0.2) is 23.2 Å². The molecule has 1 aliphatic rings. The summed E-state index contributed by atoms with van der Waals surface area (Å²) in [5, 5.41) is 6.52. The lowest BCUT2D eigenvalue weighted by Gasteiger charge is -2.18. The van der Waals surface area contributed by atoms with Crippen molar-refractivity contribution in [3.05, 3.63) is 29.3 Å². The van der Waals surface area contributed by atoms with Crippen molar-refractivity contribution in [2.24, 2.45) is 4.99 Å². The topological polar surface area (TPSA) is 92.3 Å². The van der Waals surface area contributed by atoms with Crippen LogP contribution < -0.4 is 15.4 Å². The molecule has 0 aliphatic carbocycles. The summed E-state index contributed by atoms with van der Waals surface area (Å²) >= 11 is 0. The average molecular weight is 569 g/mol. The molecule has 1 saturated heterocycles. The summed E-state index contributed by atoms with van der Waals surface area (Å²) in [5.41, 5.74) is 2.17. The van der Waals surface area contributed by atoms with Crippen LogP contribution in [0.4, 0.5) is 0 Å². The molecule has 1 fully saturated rings. The number of hydrogen-bond acceptors (Lipinski definition) is 5. The lowest BCUT2D eigenvalue weighted by Crippen LogP contribution is -2.39. The second kappa shape index (κ2) is 14.1. The van der Waals surface area contributed by atoms with Gasteiger partial charge in [0, 0.05) is 38.2 Å². The summed E-state index contributed by atoms with van der Waals surface area (Å²) in [6.45, 7) is 10.1. The number of aryl methyl sites for hydroxylation is 1. The number of aliphatic imine (C=N–C) groups is 1. The Balaban J connectivity index is 0.00000480. The molecule has 2 N–H and O–H groups in total. The van der Waals surface area contributed by atoms with Gasteiger partial charge < -0.3 is 20.1 Å². The van der Waals surface area contributed by atoms with Gasteiger partial charge in [-0.1, -0.05) is 19.1 Å². The van der Waals surface area contributed by atoms with E-state index in [1.165, 1.54) is 10.6 Å². The fourth-order valence-electron chi connectivity index (χ4n) is 3.21. The lowest BCUT2D eigenvalue weighted by molar-refractivity contribution is 0.140. The van der Waals surface area contributed by atoms with Crippen LogP contribution >= 0.6 is 24.0 Å². The molecule has 8 nitrogen and oxygen atoms in total. The number of halogens is 1. The summed E-state index contributed by atoms with van der Waals surface area (Å²) in [6, 6.07) is 6.17. The standard InChI is InChI=1S/C21H36N4O4S.HI/c1-5-22-21(23-11-7-12-25(6-2)30(4,26)27)24-15-18-9-8-17(3)14-20(18)29-19-10-13-28-16-19;/h8-9,14,19H,5-7,10-13,15-16H2,1-4H3,(H2,22,23,24);1H. The second-order valence-corrected chi connectivity index (χ2v) is 9.43. The van der Waals surface area contributed by atoms with Crippen molar-refractivity contribution in [1.29, 1.82) is 0 Å². The molecule has 1 aromatic rings. The number of guanidine groups is 1. The molecule has 31 heavy (non-hydrogen) atoms. The van der Waals surface area contributed by atoms with Crippen LogP contribution in [0.2, 0.25) is 0 Å². The minimum atomic E-state index is -3.15. The van der Waals surface area contributed by atoms with Gasteiger partial charge in [-0.15, -0.1) is 24.0 Å². The molecular weight excluding hydrogens is 531 g/mol. The maximum Gasteiger partial charge on any atom is 0.211 e. The Morgan fingerprint density at radius 1 is 1.32 bits per heavy atom. The quantitative estimate of drug-likeness (QED) is 0.185. The smallest absolute Gasteiger partial charge is 0.211 e. The molecule has 0 bridgehead atoms. The van der Waals surface area contributed by atoms with Gasteiger partial charge in [0.2, 0.25) is 10.0 Å². The van der Waals surface area contributed by atoms with Crippen LogP contribution in [0.25, 0.3) is 0 Å². The van der Waals surface area contributed by atoms with Crippen molar-refractivity contribution < 1.29 is 17.9 Å². The van der Waals surface area contributed by atoms with E-state index >= 15 is 0 Å². The van der Waals surface area contributed by atoms with Crippen LogP contribution in [0.1, 0.15) is 37.8 Å². The van der Waals surface area contributed by atoms with Gasteiger partial charge in [0.15, 0.2) is 5.96 Å². The van der Waals surface area contributed by atoms with E-state index in [0.29, 0.717) is 45.2 Å². The van der Waals surface area contributed by atoms with Crippen molar-refractivity contribution in [2.75, 3.05) is 45.6 Å². The van der Waals surface area contributed by atoms with E-state index in [9.17, 15) is 8.42 Å². The molecule has 10 heteroatoms. The van der Waals surface area contributed by atoms with Gasteiger partial charge in [-0.2, -0.15) is 0 Å². The minimum absolute atomic E-state index is 0. The first-order valence-corrected chi connectivity index (χ1v) is 12.5. The molecule has 178 valence electrons. The molecule has 2 rings (SSSR count). The van der Waals surface area contributed by atoms with Crippen LogP contribution in [0.3, 0.4) is 0 Å². The molecule has 1 aromatic carbocycles. The summed E-state index contributed by atoms with van der Waals surface area (Å²) in [6.07, 6.45) is 2.95. The highest BCUT2D eigenvalue weighted by Crippen LogP contribution is 2.24.